The summed E-state index contributed by atoms with van der Waals surface area (Å²) in [6.45, 7) is 4.02. The molecule has 3 aromatic carbocycles. The van der Waals surface area contributed by atoms with Gasteiger partial charge in [0.25, 0.3) is 11.8 Å². The van der Waals surface area contributed by atoms with Crippen LogP contribution in [0.1, 0.15) is 41.4 Å². The molecule has 2 heterocycles. The molecule has 0 spiro atoms. The second-order valence-electron chi connectivity index (χ2n) is 9.19. The van der Waals surface area contributed by atoms with E-state index in [2.05, 4.69) is 0 Å². The first-order valence-electron chi connectivity index (χ1n) is 11.8. The first-order valence-corrected chi connectivity index (χ1v) is 11.8. The van der Waals surface area contributed by atoms with E-state index in [9.17, 15) is 18.0 Å². The zero-order chi connectivity index (χ0) is 24.7. The van der Waals surface area contributed by atoms with Crippen LogP contribution in [0.4, 0.5) is 13.2 Å². The fraction of sp³-hybridized carbons (Fsp3) is 0.276. The van der Waals surface area contributed by atoms with Crippen molar-refractivity contribution < 1.29 is 22.4 Å². The fourth-order valence-corrected chi connectivity index (χ4v) is 4.70. The largest absolute Gasteiger partial charge is 0.460 e. The van der Waals surface area contributed by atoms with E-state index in [1.807, 2.05) is 44.2 Å². The summed E-state index contributed by atoms with van der Waals surface area (Å²) in [6.07, 6.45) is 0.158. The number of piperidine rings is 1. The zero-order valence-corrected chi connectivity index (χ0v) is 19.7. The van der Waals surface area contributed by atoms with Crippen LogP contribution in [0.25, 0.3) is 33.2 Å². The first kappa shape index (κ1) is 23.2. The number of carbonyl (C=O) groups is 1. The Bertz CT molecular complexity index is 1400. The zero-order valence-electron chi connectivity index (χ0n) is 19.7. The Morgan fingerprint density at radius 2 is 1.66 bits per heavy atom. The lowest BCUT2D eigenvalue weighted by Gasteiger charge is -2.31. The van der Waals surface area contributed by atoms with E-state index in [1.54, 1.807) is 18.2 Å². The maximum absolute atomic E-state index is 13.8. The monoisotopic (exact) mass is 477 g/mol. The molecule has 0 atom stereocenters. The van der Waals surface area contributed by atoms with Gasteiger partial charge in [-0.3, -0.25) is 4.79 Å². The van der Waals surface area contributed by atoms with E-state index in [0.29, 0.717) is 5.56 Å². The lowest BCUT2D eigenvalue weighted by Crippen LogP contribution is -2.42. The van der Waals surface area contributed by atoms with E-state index >= 15 is 0 Å². The van der Waals surface area contributed by atoms with Gasteiger partial charge >= 0.3 is 0 Å². The number of halogens is 3. The number of rotatable bonds is 4. The Hall–Kier alpha value is -3.54. The third-order valence-corrected chi connectivity index (χ3v) is 6.74. The van der Waals surface area contributed by atoms with Crippen LogP contribution in [-0.4, -0.2) is 29.8 Å². The molecular weight excluding hydrogens is 451 g/mol. The van der Waals surface area contributed by atoms with Gasteiger partial charge in [0.1, 0.15) is 17.2 Å². The Morgan fingerprint density at radius 1 is 0.943 bits per heavy atom. The van der Waals surface area contributed by atoms with E-state index < -0.39 is 5.92 Å². The van der Waals surface area contributed by atoms with E-state index in [1.165, 1.54) is 17.0 Å². The molecular formula is C29H26F3NO2. The average molecular weight is 478 g/mol. The number of carbonyl (C=O) groups excluding carboxylic acids is 1. The van der Waals surface area contributed by atoms with Crippen molar-refractivity contribution >= 4 is 16.9 Å². The van der Waals surface area contributed by atoms with Gasteiger partial charge < -0.3 is 9.32 Å². The van der Waals surface area contributed by atoms with Crippen LogP contribution in [0.2, 0.25) is 0 Å². The highest BCUT2D eigenvalue weighted by Gasteiger charge is 2.35. The Labute approximate surface area is 202 Å². The number of alkyl halides is 2. The average Bonchev–Trinajstić information content (AvgIpc) is 3.27. The van der Waals surface area contributed by atoms with Gasteiger partial charge in [-0.1, -0.05) is 25.1 Å². The fourth-order valence-electron chi connectivity index (χ4n) is 4.70. The number of amides is 1. The van der Waals surface area contributed by atoms with Crippen molar-refractivity contribution in [3.05, 3.63) is 83.4 Å². The van der Waals surface area contributed by atoms with Gasteiger partial charge in [-0.15, -0.1) is 0 Å². The SMILES string of the molecule is CCc1cc2cc(-c3ccc(C(=O)N4CCC(F)(F)CC4)cc3)cc(-c3ccc(F)cc3C)c2o1. The minimum Gasteiger partial charge on any atom is -0.460 e. The van der Waals surface area contributed by atoms with Gasteiger partial charge in [0, 0.05) is 48.9 Å². The molecule has 0 N–H and O–H groups in total. The minimum atomic E-state index is -2.69. The standard InChI is InChI=1S/C29H26F3NO2/c1-3-24-16-22-15-21(17-26(27(22)35-24)25-9-8-23(30)14-18(25)2)19-4-6-20(7-5-19)28(34)33-12-10-29(31,32)11-13-33/h4-9,14-17H,3,10-13H2,1-2H3. The maximum atomic E-state index is 13.8. The van der Waals surface area contributed by atoms with Crippen LogP contribution in [0.3, 0.4) is 0 Å². The van der Waals surface area contributed by atoms with E-state index in [-0.39, 0.29) is 37.7 Å². The quantitative estimate of drug-likeness (QED) is 0.302. The third kappa shape index (κ3) is 4.57. The van der Waals surface area contributed by atoms with E-state index in [4.69, 9.17) is 4.42 Å². The smallest absolute Gasteiger partial charge is 0.253 e. The highest BCUT2D eigenvalue weighted by atomic mass is 19.3. The minimum absolute atomic E-state index is 0.0604. The number of likely N-dealkylation sites (tertiary alicyclic amines) is 1. The molecule has 3 nitrogen and oxygen atoms in total. The summed E-state index contributed by atoms with van der Waals surface area (Å²) in [4.78, 5) is 14.3. The molecule has 0 saturated carbocycles. The second kappa shape index (κ2) is 8.91. The molecule has 180 valence electrons. The summed E-state index contributed by atoms with van der Waals surface area (Å²) in [5, 5.41) is 0.951. The van der Waals surface area contributed by atoms with Gasteiger partial charge in [0.05, 0.1) is 0 Å². The topological polar surface area (TPSA) is 33.5 Å². The molecule has 4 aromatic rings. The van der Waals surface area contributed by atoms with Gasteiger partial charge in [-0.05, 0) is 71.6 Å². The van der Waals surface area contributed by atoms with Crippen LogP contribution in [0.15, 0.2) is 65.1 Å². The maximum Gasteiger partial charge on any atom is 0.253 e. The molecule has 0 radical (unpaired) electrons. The molecule has 0 unspecified atom stereocenters. The van der Waals surface area contributed by atoms with Gasteiger partial charge in [-0.2, -0.15) is 0 Å². The Morgan fingerprint density at radius 3 is 2.31 bits per heavy atom. The van der Waals surface area contributed by atoms with Crippen LogP contribution < -0.4 is 0 Å². The van der Waals surface area contributed by atoms with Crippen LogP contribution in [-0.2, 0) is 6.42 Å². The summed E-state index contributed by atoms with van der Waals surface area (Å²) in [5.41, 5.74) is 5.67. The molecule has 1 saturated heterocycles. The van der Waals surface area contributed by atoms with Crippen LogP contribution >= 0.6 is 0 Å². The number of benzene rings is 3. The molecule has 0 aliphatic carbocycles. The Kier molecular flexibility index (Phi) is 5.91. The van der Waals surface area contributed by atoms with Crippen molar-refractivity contribution in [2.24, 2.45) is 0 Å². The Balaban J connectivity index is 1.50. The predicted octanol–water partition coefficient (Wildman–Crippen LogP) is 7.65. The van der Waals surface area contributed by atoms with Crippen molar-refractivity contribution in [3.63, 3.8) is 0 Å². The van der Waals surface area contributed by atoms with E-state index in [0.717, 1.165) is 51.0 Å². The summed E-state index contributed by atoms with van der Waals surface area (Å²) in [7, 11) is 0. The molecule has 1 amide bonds. The molecule has 6 heteroatoms. The highest BCUT2D eigenvalue weighted by molar-refractivity contribution is 5.98. The van der Waals surface area contributed by atoms with Gasteiger partial charge in [0.15, 0.2) is 0 Å². The molecule has 1 aromatic heterocycles. The highest BCUT2D eigenvalue weighted by Crippen LogP contribution is 2.38. The number of hydrogen-bond donors (Lipinski definition) is 0. The van der Waals surface area contributed by atoms with Crippen LogP contribution in [0.5, 0.6) is 0 Å². The summed E-state index contributed by atoms with van der Waals surface area (Å²) in [6, 6.07) is 18.0. The second-order valence-corrected chi connectivity index (χ2v) is 9.19. The van der Waals surface area contributed by atoms with Gasteiger partial charge in [-0.25, -0.2) is 13.2 Å². The van der Waals surface area contributed by atoms with Crippen molar-refractivity contribution in [3.8, 4) is 22.3 Å². The lowest BCUT2D eigenvalue weighted by atomic mass is 9.94. The van der Waals surface area contributed by atoms with Crippen molar-refractivity contribution in [2.45, 2.75) is 39.0 Å². The number of furan rings is 1. The summed E-state index contributed by atoms with van der Waals surface area (Å²) < 4.78 is 46.8. The lowest BCUT2D eigenvalue weighted by molar-refractivity contribution is -0.0494. The first-order chi connectivity index (χ1) is 16.7. The molecule has 1 aliphatic rings. The third-order valence-electron chi connectivity index (χ3n) is 6.74. The van der Waals surface area contributed by atoms with Crippen molar-refractivity contribution in [1.29, 1.82) is 0 Å². The molecule has 35 heavy (non-hydrogen) atoms. The number of hydrogen-bond acceptors (Lipinski definition) is 2. The van der Waals surface area contributed by atoms with Crippen molar-refractivity contribution in [1.82, 2.24) is 4.90 Å². The number of fused-ring (bicyclic) bond motifs is 1. The summed E-state index contributed by atoms with van der Waals surface area (Å²) in [5.74, 6) is -2.34. The summed E-state index contributed by atoms with van der Waals surface area (Å²) >= 11 is 0. The molecule has 5 rings (SSSR count). The van der Waals surface area contributed by atoms with Crippen LogP contribution in [0, 0.1) is 12.7 Å². The molecule has 1 aliphatic heterocycles. The van der Waals surface area contributed by atoms with Crippen molar-refractivity contribution in [2.75, 3.05) is 13.1 Å². The predicted molar refractivity (Wildman–Crippen MR) is 131 cm³/mol. The molecule has 1 fully saturated rings. The normalized spacial score (nSPS) is 15.5. The number of aryl methyl sites for hydroxylation is 2. The number of nitrogens with zero attached hydrogens (tertiary/aromatic N) is 1. The molecule has 0 bridgehead atoms. The van der Waals surface area contributed by atoms with Gasteiger partial charge in [0.2, 0.25) is 0 Å².